The fourth-order valence-corrected chi connectivity index (χ4v) is 3.04. The summed E-state index contributed by atoms with van der Waals surface area (Å²) in [6.45, 7) is 5.73. The number of nitrogens with zero attached hydrogens (tertiary/aromatic N) is 1. The second-order valence-electron chi connectivity index (χ2n) is 6.40. The lowest BCUT2D eigenvalue weighted by molar-refractivity contribution is -0.135. The van der Waals surface area contributed by atoms with Crippen molar-refractivity contribution in [1.29, 1.82) is 0 Å². The SMILES string of the molecule is CC(C)(CC(=O)N1CCCCC1CN)c1ccccc1. The highest BCUT2D eigenvalue weighted by atomic mass is 16.2. The molecule has 1 amide bonds. The Hall–Kier alpha value is -1.35. The quantitative estimate of drug-likeness (QED) is 0.917. The second-order valence-corrected chi connectivity index (χ2v) is 6.40. The summed E-state index contributed by atoms with van der Waals surface area (Å²) in [5.74, 6) is 0.244. The van der Waals surface area contributed by atoms with E-state index in [0.717, 1.165) is 19.4 Å². The van der Waals surface area contributed by atoms with Crippen molar-refractivity contribution in [3.05, 3.63) is 35.9 Å². The Morgan fingerprint density at radius 1 is 1.30 bits per heavy atom. The number of nitrogens with two attached hydrogens (primary N) is 1. The molecule has 1 aliphatic rings. The van der Waals surface area contributed by atoms with Gasteiger partial charge in [-0.05, 0) is 30.2 Å². The molecule has 1 atom stereocenters. The molecule has 1 fully saturated rings. The monoisotopic (exact) mass is 274 g/mol. The minimum absolute atomic E-state index is 0.130. The summed E-state index contributed by atoms with van der Waals surface area (Å²) in [7, 11) is 0. The molecule has 110 valence electrons. The zero-order valence-electron chi connectivity index (χ0n) is 12.6. The number of carbonyl (C=O) groups is 1. The number of likely N-dealkylation sites (tertiary alicyclic amines) is 1. The molecule has 2 rings (SSSR count). The number of benzene rings is 1. The molecule has 0 spiro atoms. The zero-order chi connectivity index (χ0) is 14.6. The number of rotatable bonds is 4. The molecule has 0 bridgehead atoms. The Kier molecular flexibility index (Phi) is 4.81. The largest absolute Gasteiger partial charge is 0.338 e. The summed E-state index contributed by atoms with van der Waals surface area (Å²) < 4.78 is 0. The molecular weight excluding hydrogens is 248 g/mol. The van der Waals surface area contributed by atoms with Gasteiger partial charge in [-0.25, -0.2) is 0 Å². The van der Waals surface area contributed by atoms with Gasteiger partial charge in [0.25, 0.3) is 0 Å². The van der Waals surface area contributed by atoms with E-state index in [4.69, 9.17) is 5.73 Å². The average molecular weight is 274 g/mol. The lowest BCUT2D eigenvalue weighted by Crippen LogP contribution is -2.48. The van der Waals surface area contributed by atoms with Gasteiger partial charge in [0.15, 0.2) is 0 Å². The van der Waals surface area contributed by atoms with E-state index in [-0.39, 0.29) is 17.4 Å². The summed E-state index contributed by atoms with van der Waals surface area (Å²) in [6, 6.07) is 10.5. The average Bonchev–Trinajstić information content (AvgIpc) is 2.47. The van der Waals surface area contributed by atoms with Gasteiger partial charge in [0.05, 0.1) is 0 Å². The third-order valence-corrected chi connectivity index (χ3v) is 4.37. The van der Waals surface area contributed by atoms with E-state index in [2.05, 4.69) is 26.0 Å². The first kappa shape index (κ1) is 15.0. The van der Waals surface area contributed by atoms with Crippen molar-refractivity contribution >= 4 is 5.91 Å². The number of carbonyl (C=O) groups excluding carboxylic acids is 1. The Labute approximate surface area is 122 Å². The van der Waals surface area contributed by atoms with E-state index in [9.17, 15) is 4.79 Å². The smallest absolute Gasteiger partial charge is 0.223 e. The highest BCUT2D eigenvalue weighted by molar-refractivity contribution is 5.78. The van der Waals surface area contributed by atoms with Crippen LogP contribution in [-0.4, -0.2) is 29.9 Å². The summed E-state index contributed by atoms with van der Waals surface area (Å²) >= 11 is 0. The first-order valence-corrected chi connectivity index (χ1v) is 7.59. The molecular formula is C17H26N2O. The summed E-state index contributed by atoms with van der Waals surface area (Å²) in [5.41, 5.74) is 6.90. The molecule has 1 unspecified atom stereocenters. The minimum Gasteiger partial charge on any atom is -0.338 e. The molecule has 1 saturated heterocycles. The Morgan fingerprint density at radius 2 is 2.00 bits per heavy atom. The third kappa shape index (κ3) is 3.40. The van der Waals surface area contributed by atoms with Gasteiger partial charge in [-0.1, -0.05) is 44.2 Å². The van der Waals surface area contributed by atoms with Gasteiger partial charge in [0.2, 0.25) is 5.91 Å². The predicted molar refractivity (Wildman–Crippen MR) is 82.5 cm³/mol. The molecule has 1 aliphatic heterocycles. The van der Waals surface area contributed by atoms with Crippen LogP contribution in [-0.2, 0) is 10.2 Å². The zero-order valence-corrected chi connectivity index (χ0v) is 12.6. The van der Waals surface area contributed by atoms with Crippen molar-refractivity contribution in [3.8, 4) is 0 Å². The van der Waals surface area contributed by atoms with Crippen molar-refractivity contribution < 1.29 is 4.79 Å². The van der Waals surface area contributed by atoms with Gasteiger partial charge < -0.3 is 10.6 Å². The highest BCUT2D eigenvalue weighted by Crippen LogP contribution is 2.29. The maximum absolute atomic E-state index is 12.6. The number of piperidine rings is 1. The Morgan fingerprint density at radius 3 is 2.65 bits per heavy atom. The molecule has 1 aromatic rings. The molecule has 3 nitrogen and oxygen atoms in total. The molecule has 0 aliphatic carbocycles. The van der Waals surface area contributed by atoms with E-state index in [1.807, 2.05) is 23.1 Å². The van der Waals surface area contributed by atoms with Gasteiger partial charge in [0.1, 0.15) is 0 Å². The topological polar surface area (TPSA) is 46.3 Å². The van der Waals surface area contributed by atoms with Crippen LogP contribution in [0.4, 0.5) is 0 Å². The second kappa shape index (κ2) is 6.40. The molecule has 1 heterocycles. The fourth-order valence-electron chi connectivity index (χ4n) is 3.04. The standard InChI is InChI=1S/C17H26N2O/c1-17(2,14-8-4-3-5-9-14)12-16(20)19-11-7-6-10-15(19)13-18/h3-5,8-9,15H,6-7,10-13,18H2,1-2H3. The van der Waals surface area contributed by atoms with Crippen molar-refractivity contribution in [3.63, 3.8) is 0 Å². The molecule has 0 saturated carbocycles. The predicted octanol–water partition coefficient (Wildman–Crippen LogP) is 2.69. The maximum Gasteiger partial charge on any atom is 0.223 e. The first-order chi connectivity index (χ1) is 9.54. The van der Waals surface area contributed by atoms with E-state index in [1.54, 1.807) is 0 Å². The van der Waals surface area contributed by atoms with Crippen LogP contribution in [0.15, 0.2) is 30.3 Å². The van der Waals surface area contributed by atoms with E-state index >= 15 is 0 Å². The molecule has 20 heavy (non-hydrogen) atoms. The van der Waals surface area contributed by atoms with Gasteiger partial charge in [0, 0.05) is 25.6 Å². The van der Waals surface area contributed by atoms with Crippen molar-refractivity contribution in [2.24, 2.45) is 5.73 Å². The third-order valence-electron chi connectivity index (χ3n) is 4.37. The van der Waals surface area contributed by atoms with Crippen LogP contribution >= 0.6 is 0 Å². The van der Waals surface area contributed by atoms with Crippen LogP contribution in [0, 0.1) is 0 Å². The lowest BCUT2D eigenvalue weighted by atomic mass is 9.81. The summed E-state index contributed by atoms with van der Waals surface area (Å²) in [5, 5.41) is 0. The van der Waals surface area contributed by atoms with Crippen LogP contribution in [0.1, 0.15) is 45.1 Å². The number of hydrogen-bond acceptors (Lipinski definition) is 2. The first-order valence-electron chi connectivity index (χ1n) is 7.59. The van der Waals surface area contributed by atoms with Crippen LogP contribution in [0.2, 0.25) is 0 Å². The van der Waals surface area contributed by atoms with Gasteiger partial charge in [-0.3, -0.25) is 4.79 Å². The number of hydrogen-bond donors (Lipinski definition) is 1. The van der Waals surface area contributed by atoms with Crippen molar-refractivity contribution in [1.82, 2.24) is 4.90 Å². The van der Waals surface area contributed by atoms with E-state index < -0.39 is 0 Å². The van der Waals surface area contributed by atoms with Crippen LogP contribution in [0.25, 0.3) is 0 Å². The molecule has 3 heteroatoms. The molecule has 2 N–H and O–H groups in total. The van der Waals surface area contributed by atoms with Crippen LogP contribution in [0.3, 0.4) is 0 Å². The number of amides is 1. The fraction of sp³-hybridized carbons (Fsp3) is 0.588. The van der Waals surface area contributed by atoms with Gasteiger partial charge in [-0.15, -0.1) is 0 Å². The van der Waals surface area contributed by atoms with Gasteiger partial charge >= 0.3 is 0 Å². The highest BCUT2D eigenvalue weighted by Gasteiger charge is 2.31. The van der Waals surface area contributed by atoms with E-state index in [0.29, 0.717) is 13.0 Å². The maximum atomic E-state index is 12.6. The normalized spacial score (nSPS) is 19.9. The molecule has 0 radical (unpaired) electrons. The van der Waals surface area contributed by atoms with Crippen molar-refractivity contribution in [2.45, 2.75) is 51.0 Å². The molecule has 0 aromatic heterocycles. The Balaban J connectivity index is 2.06. The van der Waals surface area contributed by atoms with E-state index in [1.165, 1.54) is 12.0 Å². The van der Waals surface area contributed by atoms with Crippen LogP contribution in [0.5, 0.6) is 0 Å². The summed E-state index contributed by atoms with van der Waals surface area (Å²) in [6.07, 6.45) is 3.89. The van der Waals surface area contributed by atoms with Crippen molar-refractivity contribution in [2.75, 3.05) is 13.1 Å². The molecule has 1 aromatic carbocycles. The lowest BCUT2D eigenvalue weighted by Gasteiger charge is -2.37. The minimum atomic E-state index is -0.130. The Bertz CT molecular complexity index is 442. The summed E-state index contributed by atoms with van der Waals surface area (Å²) in [4.78, 5) is 14.6. The van der Waals surface area contributed by atoms with Crippen LogP contribution < -0.4 is 5.73 Å². The van der Waals surface area contributed by atoms with Gasteiger partial charge in [-0.2, -0.15) is 0 Å².